The number of anilines is 1. The van der Waals surface area contributed by atoms with Gasteiger partial charge in [-0.25, -0.2) is 9.37 Å². The number of nitrogens with one attached hydrogen (secondary N) is 1. The monoisotopic (exact) mass is 404 g/mol. The second kappa shape index (κ2) is 9.14. The number of halogens is 1. The van der Waals surface area contributed by atoms with E-state index in [1.807, 2.05) is 0 Å². The van der Waals surface area contributed by atoms with Gasteiger partial charge < -0.3 is 13.9 Å². The van der Waals surface area contributed by atoms with Crippen LogP contribution in [0.4, 0.5) is 9.52 Å². The Bertz CT molecular complexity index is 969. The molecule has 0 aliphatic rings. The third-order valence-electron chi connectivity index (χ3n) is 3.50. The minimum Gasteiger partial charge on any atom is -0.483 e. The van der Waals surface area contributed by atoms with Crippen molar-refractivity contribution in [2.24, 2.45) is 0 Å². The highest BCUT2D eigenvalue weighted by Gasteiger charge is 2.15. The van der Waals surface area contributed by atoms with Gasteiger partial charge in [0.15, 0.2) is 22.5 Å². The Kier molecular flexibility index (Phi) is 6.38. The number of carbonyl (C=O) groups excluding carboxylic acids is 2. The lowest BCUT2D eigenvalue weighted by Crippen LogP contribution is -2.11. The van der Waals surface area contributed by atoms with E-state index >= 15 is 0 Å². The molecule has 0 unspecified atom stereocenters. The van der Waals surface area contributed by atoms with Crippen LogP contribution in [-0.2, 0) is 22.6 Å². The molecule has 0 aliphatic carbocycles. The molecule has 0 radical (unpaired) electrons. The fourth-order valence-electron chi connectivity index (χ4n) is 2.25. The molecule has 0 saturated heterocycles. The smallest absolute Gasteiger partial charge is 0.311 e. The molecule has 2 heterocycles. The van der Waals surface area contributed by atoms with Crippen molar-refractivity contribution < 1.29 is 27.9 Å². The highest BCUT2D eigenvalue weighted by atomic mass is 32.1. The van der Waals surface area contributed by atoms with Crippen LogP contribution in [0.1, 0.15) is 28.9 Å². The van der Waals surface area contributed by atoms with Crippen LogP contribution in [0.2, 0.25) is 0 Å². The lowest BCUT2D eigenvalue weighted by atomic mass is 10.3. The third kappa shape index (κ3) is 5.17. The molecule has 2 aromatic heterocycles. The first-order chi connectivity index (χ1) is 13.5. The third-order valence-corrected chi connectivity index (χ3v) is 4.30. The summed E-state index contributed by atoms with van der Waals surface area (Å²) in [5.41, 5.74) is 0.511. The van der Waals surface area contributed by atoms with Crippen LogP contribution in [0.15, 0.2) is 46.2 Å². The molecule has 0 bridgehead atoms. The number of carbonyl (C=O) groups is 2. The van der Waals surface area contributed by atoms with Crippen molar-refractivity contribution in [1.29, 1.82) is 0 Å². The van der Waals surface area contributed by atoms with E-state index in [1.54, 1.807) is 30.5 Å². The Morgan fingerprint density at radius 1 is 1.25 bits per heavy atom. The number of ether oxygens (including phenoxy) is 2. The minimum absolute atomic E-state index is 0.0187. The molecule has 1 amide bonds. The lowest BCUT2D eigenvalue weighted by molar-refractivity contribution is -0.142. The maximum absolute atomic E-state index is 13.5. The first-order valence-electron chi connectivity index (χ1n) is 8.42. The molecule has 1 aromatic carbocycles. The molecule has 1 N–H and O–H groups in total. The van der Waals surface area contributed by atoms with Gasteiger partial charge in [0.05, 0.1) is 18.7 Å². The van der Waals surface area contributed by atoms with Crippen LogP contribution in [0.25, 0.3) is 0 Å². The van der Waals surface area contributed by atoms with Gasteiger partial charge in [0.2, 0.25) is 0 Å². The van der Waals surface area contributed by atoms with Crippen molar-refractivity contribution in [3.63, 3.8) is 0 Å². The SMILES string of the molecule is CCOC(=O)Cc1csc(NC(=O)c2ccc(COc3ccccc3F)o2)n1. The molecule has 7 nitrogen and oxygen atoms in total. The number of rotatable bonds is 8. The molecule has 3 aromatic rings. The van der Waals surface area contributed by atoms with Gasteiger partial charge >= 0.3 is 5.97 Å². The lowest BCUT2D eigenvalue weighted by Gasteiger charge is -2.04. The van der Waals surface area contributed by atoms with Gasteiger partial charge in [0.1, 0.15) is 12.4 Å². The van der Waals surface area contributed by atoms with Gasteiger partial charge in [0, 0.05) is 5.38 Å². The van der Waals surface area contributed by atoms with Crippen LogP contribution in [-0.4, -0.2) is 23.5 Å². The fourth-order valence-corrected chi connectivity index (χ4v) is 2.96. The molecule has 3 rings (SSSR count). The molecule has 0 saturated carbocycles. The second-order valence-electron chi connectivity index (χ2n) is 5.56. The van der Waals surface area contributed by atoms with E-state index in [4.69, 9.17) is 13.9 Å². The summed E-state index contributed by atoms with van der Waals surface area (Å²) < 4.78 is 29.2. The van der Waals surface area contributed by atoms with Gasteiger partial charge in [0.25, 0.3) is 5.91 Å². The van der Waals surface area contributed by atoms with E-state index < -0.39 is 11.7 Å². The number of nitrogens with zero attached hydrogens (tertiary/aromatic N) is 1. The Balaban J connectivity index is 1.55. The molecule has 0 aliphatic heterocycles. The Morgan fingerprint density at radius 2 is 2.07 bits per heavy atom. The number of aromatic nitrogens is 1. The molecule has 9 heteroatoms. The minimum atomic E-state index is -0.492. The van der Waals surface area contributed by atoms with E-state index in [-0.39, 0.29) is 30.5 Å². The molecule has 28 heavy (non-hydrogen) atoms. The van der Waals surface area contributed by atoms with Crippen molar-refractivity contribution in [2.45, 2.75) is 20.0 Å². The van der Waals surface area contributed by atoms with E-state index in [0.29, 0.717) is 23.2 Å². The fraction of sp³-hybridized carbons (Fsp3) is 0.211. The van der Waals surface area contributed by atoms with E-state index in [0.717, 1.165) is 0 Å². The number of furan rings is 1. The summed E-state index contributed by atoms with van der Waals surface area (Å²) >= 11 is 1.19. The second-order valence-corrected chi connectivity index (χ2v) is 6.42. The molecule has 146 valence electrons. The van der Waals surface area contributed by atoms with Crippen LogP contribution in [0, 0.1) is 5.82 Å². The van der Waals surface area contributed by atoms with Crippen LogP contribution in [0.3, 0.4) is 0 Å². The van der Waals surface area contributed by atoms with E-state index in [9.17, 15) is 14.0 Å². The van der Waals surface area contributed by atoms with Gasteiger partial charge in [-0.15, -0.1) is 11.3 Å². The summed E-state index contributed by atoms with van der Waals surface area (Å²) in [5.74, 6) is -0.813. The molecule has 0 fully saturated rings. The van der Waals surface area contributed by atoms with Crippen LogP contribution in [0.5, 0.6) is 5.75 Å². The number of esters is 1. The molecule has 0 atom stereocenters. The zero-order valence-corrected chi connectivity index (χ0v) is 15.8. The maximum Gasteiger partial charge on any atom is 0.311 e. The first kappa shape index (κ1) is 19.6. The maximum atomic E-state index is 13.5. The number of benzene rings is 1. The average molecular weight is 404 g/mol. The predicted octanol–water partition coefficient (Wildman–Crippen LogP) is 3.81. The number of thiazole rings is 1. The Labute approximate surface area is 164 Å². The van der Waals surface area contributed by atoms with Crippen molar-refractivity contribution >= 4 is 28.3 Å². The predicted molar refractivity (Wildman–Crippen MR) is 99.8 cm³/mol. The topological polar surface area (TPSA) is 90.7 Å². The highest BCUT2D eigenvalue weighted by Crippen LogP contribution is 2.20. The van der Waals surface area contributed by atoms with Gasteiger partial charge in [-0.3, -0.25) is 14.9 Å². The number of para-hydroxylation sites is 1. The number of hydrogen-bond acceptors (Lipinski definition) is 7. The number of hydrogen-bond donors (Lipinski definition) is 1. The zero-order chi connectivity index (χ0) is 19.9. The molecular weight excluding hydrogens is 387 g/mol. The highest BCUT2D eigenvalue weighted by molar-refractivity contribution is 7.14. The average Bonchev–Trinajstić information content (AvgIpc) is 3.31. The van der Waals surface area contributed by atoms with Crippen LogP contribution < -0.4 is 10.1 Å². The van der Waals surface area contributed by atoms with Crippen molar-refractivity contribution in [1.82, 2.24) is 4.98 Å². The van der Waals surface area contributed by atoms with Crippen molar-refractivity contribution in [3.05, 3.63) is 64.8 Å². The van der Waals surface area contributed by atoms with E-state index in [2.05, 4.69) is 10.3 Å². The summed E-state index contributed by atoms with van der Waals surface area (Å²) in [4.78, 5) is 27.9. The molecule has 0 spiro atoms. The van der Waals surface area contributed by atoms with Gasteiger partial charge in [-0.1, -0.05) is 12.1 Å². The first-order valence-corrected chi connectivity index (χ1v) is 9.30. The largest absolute Gasteiger partial charge is 0.483 e. The van der Waals surface area contributed by atoms with Crippen molar-refractivity contribution in [3.8, 4) is 5.75 Å². The van der Waals surface area contributed by atoms with Gasteiger partial charge in [-0.05, 0) is 31.2 Å². The summed E-state index contributed by atoms with van der Waals surface area (Å²) in [6, 6.07) is 9.08. The summed E-state index contributed by atoms with van der Waals surface area (Å²) in [6.07, 6.45) is 0.0402. The summed E-state index contributed by atoms with van der Waals surface area (Å²) in [6.45, 7) is 2.01. The quantitative estimate of drug-likeness (QED) is 0.574. The number of amides is 1. The molecular formula is C19H17FN2O5S. The zero-order valence-electron chi connectivity index (χ0n) is 14.9. The van der Waals surface area contributed by atoms with Crippen molar-refractivity contribution in [2.75, 3.05) is 11.9 Å². The normalized spacial score (nSPS) is 10.5. The Hall–Kier alpha value is -3.20. The van der Waals surface area contributed by atoms with E-state index in [1.165, 1.54) is 29.5 Å². The Morgan fingerprint density at radius 3 is 2.86 bits per heavy atom. The summed E-state index contributed by atoms with van der Waals surface area (Å²) in [7, 11) is 0. The standard InChI is InChI=1S/C19H17FN2O5S/c1-2-25-17(23)9-12-11-28-19(21-12)22-18(24)16-8-7-13(27-16)10-26-15-6-4-3-5-14(15)20/h3-8,11H,2,9-10H2,1H3,(H,21,22,24). The van der Waals surface area contributed by atoms with Gasteiger partial charge in [-0.2, -0.15) is 0 Å². The summed E-state index contributed by atoms with van der Waals surface area (Å²) in [5, 5.41) is 4.61. The van der Waals surface area contributed by atoms with Crippen LogP contribution >= 0.6 is 11.3 Å².